The Balaban J connectivity index is 1.74. The molecule has 5 heteroatoms. The van der Waals surface area contributed by atoms with Crippen LogP contribution >= 0.6 is 11.3 Å². The van der Waals surface area contributed by atoms with Gasteiger partial charge in [0.2, 0.25) is 0 Å². The lowest BCUT2D eigenvalue weighted by molar-refractivity contribution is 0.0526. The molecule has 118 valence electrons. The fraction of sp³-hybridized carbons (Fsp3) is 0.812. The van der Waals surface area contributed by atoms with Crippen molar-refractivity contribution in [3.8, 4) is 0 Å². The van der Waals surface area contributed by atoms with E-state index in [4.69, 9.17) is 9.72 Å². The number of piperidine rings is 1. The Morgan fingerprint density at radius 2 is 2.24 bits per heavy atom. The number of nitrogens with one attached hydrogen (secondary N) is 1. The zero-order valence-corrected chi connectivity index (χ0v) is 14.0. The lowest BCUT2D eigenvalue weighted by Gasteiger charge is -2.32. The number of ether oxygens (including phenoxy) is 1. The Bertz CT molecular complexity index is 460. The van der Waals surface area contributed by atoms with Crippen LogP contribution in [0.4, 0.5) is 5.13 Å². The van der Waals surface area contributed by atoms with Crippen LogP contribution < -0.4 is 10.2 Å². The highest BCUT2D eigenvalue weighted by molar-refractivity contribution is 7.15. The van der Waals surface area contributed by atoms with Gasteiger partial charge in [0.15, 0.2) is 5.13 Å². The van der Waals surface area contributed by atoms with Gasteiger partial charge in [0.25, 0.3) is 0 Å². The average Bonchev–Trinajstić information content (AvgIpc) is 2.93. The maximum atomic E-state index is 5.82. The summed E-state index contributed by atoms with van der Waals surface area (Å²) in [6.45, 7) is 8.26. The molecule has 1 aromatic rings. The molecule has 1 aromatic heterocycles. The molecule has 0 amide bonds. The largest absolute Gasteiger partial charge is 0.377 e. The van der Waals surface area contributed by atoms with E-state index in [1.165, 1.54) is 41.4 Å². The third kappa shape index (κ3) is 3.41. The topological polar surface area (TPSA) is 37.4 Å². The smallest absolute Gasteiger partial charge is 0.185 e. The molecular weight excluding hydrogens is 282 g/mol. The molecule has 1 N–H and O–H groups in total. The second-order valence-electron chi connectivity index (χ2n) is 5.98. The minimum absolute atomic E-state index is 0.384. The SMILES string of the molecule is CCNC1CCCc2nc(N3CCCC(OCC)C3)sc21. The summed E-state index contributed by atoms with van der Waals surface area (Å²) in [6, 6.07) is 0.525. The number of hydrogen-bond donors (Lipinski definition) is 1. The number of aryl methyl sites for hydroxylation is 1. The third-order valence-corrected chi connectivity index (χ3v) is 5.71. The van der Waals surface area contributed by atoms with Gasteiger partial charge in [0, 0.05) is 30.6 Å². The van der Waals surface area contributed by atoms with Gasteiger partial charge in [-0.15, -0.1) is 0 Å². The summed E-state index contributed by atoms with van der Waals surface area (Å²) in [4.78, 5) is 8.87. The second kappa shape index (κ2) is 7.07. The first kappa shape index (κ1) is 15.3. The van der Waals surface area contributed by atoms with E-state index < -0.39 is 0 Å². The van der Waals surface area contributed by atoms with Crippen molar-refractivity contribution >= 4 is 16.5 Å². The van der Waals surface area contributed by atoms with Gasteiger partial charge in [-0.25, -0.2) is 4.98 Å². The monoisotopic (exact) mass is 309 g/mol. The van der Waals surface area contributed by atoms with Crippen LogP contribution in [0.5, 0.6) is 0 Å². The van der Waals surface area contributed by atoms with Crippen molar-refractivity contribution in [1.29, 1.82) is 0 Å². The lowest BCUT2D eigenvalue weighted by atomic mass is 9.98. The van der Waals surface area contributed by atoms with Crippen LogP contribution in [0.1, 0.15) is 56.1 Å². The molecule has 0 saturated carbocycles. The van der Waals surface area contributed by atoms with Gasteiger partial charge in [-0.05, 0) is 45.6 Å². The summed E-state index contributed by atoms with van der Waals surface area (Å²) < 4.78 is 5.82. The first-order chi connectivity index (χ1) is 10.3. The molecule has 2 aliphatic rings. The Morgan fingerprint density at radius 3 is 3.05 bits per heavy atom. The zero-order valence-electron chi connectivity index (χ0n) is 13.2. The molecule has 2 atom stereocenters. The van der Waals surface area contributed by atoms with Gasteiger partial charge in [-0.3, -0.25) is 0 Å². The number of rotatable bonds is 5. The standard InChI is InChI=1S/C16H27N3OS/c1-3-17-13-8-5-9-14-15(13)21-16(18-14)19-10-6-7-12(11-19)20-4-2/h12-13,17H,3-11H2,1-2H3. The Labute approximate surface area is 131 Å². The van der Waals surface area contributed by atoms with Crippen LogP contribution in [-0.4, -0.2) is 37.3 Å². The van der Waals surface area contributed by atoms with Crippen LogP contribution in [0.3, 0.4) is 0 Å². The maximum Gasteiger partial charge on any atom is 0.185 e. The van der Waals surface area contributed by atoms with Gasteiger partial charge < -0.3 is 15.0 Å². The first-order valence-electron chi connectivity index (χ1n) is 8.41. The molecule has 1 aliphatic carbocycles. The van der Waals surface area contributed by atoms with Gasteiger partial charge in [-0.2, -0.15) is 0 Å². The highest BCUT2D eigenvalue weighted by atomic mass is 32.1. The lowest BCUT2D eigenvalue weighted by Crippen LogP contribution is -2.39. The van der Waals surface area contributed by atoms with Gasteiger partial charge in [0.1, 0.15) is 0 Å². The van der Waals surface area contributed by atoms with E-state index in [0.29, 0.717) is 12.1 Å². The number of aromatic nitrogens is 1. The predicted octanol–water partition coefficient (Wildman–Crippen LogP) is 3.14. The summed E-state index contributed by atoms with van der Waals surface area (Å²) in [5.41, 5.74) is 1.34. The van der Waals surface area contributed by atoms with Crippen molar-refractivity contribution < 1.29 is 4.74 Å². The van der Waals surface area contributed by atoms with E-state index >= 15 is 0 Å². The van der Waals surface area contributed by atoms with Crippen molar-refractivity contribution in [2.24, 2.45) is 0 Å². The molecule has 2 heterocycles. The molecule has 1 saturated heterocycles. The summed E-state index contributed by atoms with van der Waals surface area (Å²) in [5, 5.41) is 4.83. The number of thiazole rings is 1. The molecule has 0 aromatic carbocycles. The van der Waals surface area contributed by atoms with E-state index in [0.717, 1.165) is 32.7 Å². The second-order valence-corrected chi connectivity index (χ2v) is 6.98. The van der Waals surface area contributed by atoms with Crippen LogP contribution in [0.2, 0.25) is 0 Å². The van der Waals surface area contributed by atoms with Crippen LogP contribution in [0.25, 0.3) is 0 Å². The van der Waals surface area contributed by atoms with E-state index in [2.05, 4.69) is 24.1 Å². The molecule has 2 unspecified atom stereocenters. The van der Waals surface area contributed by atoms with Gasteiger partial charge in [-0.1, -0.05) is 18.3 Å². The van der Waals surface area contributed by atoms with E-state index in [1.807, 2.05) is 11.3 Å². The number of anilines is 1. The molecule has 0 spiro atoms. The van der Waals surface area contributed by atoms with Gasteiger partial charge in [0.05, 0.1) is 11.8 Å². The number of nitrogens with zero attached hydrogens (tertiary/aromatic N) is 2. The summed E-state index contributed by atoms with van der Waals surface area (Å²) >= 11 is 1.91. The molecule has 3 rings (SSSR count). The predicted molar refractivity (Wildman–Crippen MR) is 88.3 cm³/mol. The molecule has 1 fully saturated rings. The van der Waals surface area contributed by atoms with E-state index in [9.17, 15) is 0 Å². The normalized spacial score (nSPS) is 25.9. The fourth-order valence-electron chi connectivity index (χ4n) is 3.47. The summed E-state index contributed by atoms with van der Waals surface area (Å²) in [5.74, 6) is 0. The van der Waals surface area contributed by atoms with Crippen molar-refractivity contribution in [3.05, 3.63) is 10.6 Å². The highest BCUT2D eigenvalue weighted by Crippen LogP contribution is 2.38. The van der Waals surface area contributed by atoms with Gasteiger partial charge >= 0.3 is 0 Å². The first-order valence-corrected chi connectivity index (χ1v) is 9.23. The molecule has 21 heavy (non-hydrogen) atoms. The molecule has 4 nitrogen and oxygen atoms in total. The fourth-order valence-corrected chi connectivity index (χ4v) is 4.72. The Morgan fingerprint density at radius 1 is 1.33 bits per heavy atom. The minimum atomic E-state index is 0.384. The third-order valence-electron chi connectivity index (χ3n) is 4.44. The maximum absolute atomic E-state index is 5.82. The number of fused-ring (bicyclic) bond motifs is 1. The summed E-state index contributed by atoms with van der Waals surface area (Å²) in [6.07, 6.45) is 6.45. The van der Waals surface area contributed by atoms with E-state index in [1.54, 1.807) is 0 Å². The summed E-state index contributed by atoms with van der Waals surface area (Å²) in [7, 11) is 0. The zero-order chi connectivity index (χ0) is 14.7. The van der Waals surface area contributed by atoms with Crippen LogP contribution in [-0.2, 0) is 11.2 Å². The van der Waals surface area contributed by atoms with Crippen LogP contribution in [0, 0.1) is 0 Å². The van der Waals surface area contributed by atoms with Crippen molar-refractivity contribution in [3.63, 3.8) is 0 Å². The molecular formula is C16H27N3OS. The molecule has 1 aliphatic heterocycles. The average molecular weight is 309 g/mol. The van der Waals surface area contributed by atoms with Crippen molar-refractivity contribution in [2.75, 3.05) is 31.1 Å². The van der Waals surface area contributed by atoms with Crippen molar-refractivity contribution in [1.82, 2.24) is 10.3 Å². The molecule has 0 bridgehead atoms. The van der Waals surface area contributed by atoms with Crippen molar-refractivity contribution in [2.45, 2.75) is 58.1 Å². The quantitative estimate of drug-likeness (QED) is 0.907. The highest BCUT2D eigenvalue weighted by Gasteiger charge is 2.28. The Kier molecular flexibility index (Phi) is 5.14. The number of hydrogen-bond acceptors (Lipinski definition) is 5. The minimum Gasteiger partial charge on any atom is -0.377 e. The molecule has 0 radical (unpaired) electrons. The Hall–Kier alpha value is -0.650. The van der Waals surface area contributed by atoms with E-state index in [-0.39, 0.29) is 0 Å². The van der Waals surface area contributed by atoms with Crippen LogP contribution in [0.15, 0.2) is 0 Å².